The van der Waals surface area contributed by atoms with Gasteiger partial charge in [-0.3, -0.25) is 9.29 Å². The van der Waals surface area contributed by atoms with Gasteiger partial charge in [0.2, 0.25) is 33.7 Å². The first-order valence-corrected chi connectivity index (χ1v) is 13.1. The summed E-state index contributed by atoms with van der Waals surface area (Å²) >= 11 is 0. The van der Waals surface area contributed by atoms with Crippen molar-refractivity contribution in [2.75, 3.05) is 43.5 Å². The van der Waals surface area contributed by atoms with E-state index < -0.39 is 21.1 Å². The normalized spacial score (nSPS) is 16.0. The van der Waals surface area contributed by atoms with Crippen LogP contribution in [0.4, 0.5) is 16.3 Å². The van der Waals surface area contributed by atoms with Crippen LogP contribution in [0.1, 0.15) is 32.9 Å². The number of sulfonamides is 1. The predicted octanol–water partition coefficient (Wildman–Crippen LogP) is 0.975. The highest BCUT2D eigenvalue weighted by Gasteiger charge is 2.34. The van der Waals surface area contributed by atoms with E-state index in [0.717, 1.165) is 12.4 Å². The quantitative estimate of drug-likeness (QED) is 0.332. The number of hydrogen-bond donors (Lipinski definition) is 2. The fraction of sp³-hybridized carbons (Fsp3) is 0.524. The van der Waals surface area contributed by atoms with E-state index in [1.54, 1.807) is 4.90 Å². The fourth-order valence-corrected chi connectivity index (χ4v) is 5.47. The SMILES string of the molecule is COc1ncnc(OC)c1-n1c(CCCCO)nnc1NS(=O)(=O)[C@H]1CCCN(c2ncc(F)cn2)C1.[HH]. The van der Waals surface area contributed by atoms with Gasteiger partial charge < -0.3 is 19.5 Å². The minimum atomic E-state index is -3.97. The average molecular weight is 540 g/mol. The molecule has 1 saturated heterocycles. The molecule has 0 radical (unpaired) electrons. The van der Waals surface area contributed by atoms with Gasteiger partial charge in [-0.2, -0.15) is 9.97 Å². The second-order valence-electron chi connectivity index (χ2n) is 8.26. The van der Waals surface area contributed by atoms with Gasteiger partial charge in [-0.1, -0.05) is 0 Å². The Labute approximate surface area is 214 Å². The number of nitrogens with zero attached hydrogens (tertiary/aromatic N) is 8. The summed E-state index contributed by atoms with van der Waals surface area (Å²) in [4.78, 5) is 17.9. The van der Waals surface area contributed by atoms with Crippen LogP contribution in [0.25, 0.3) is 5.69 Å². The molecule has 0 bridgehead atoms. The van der Waals surface area contributed by atoms with E-state index in [-0.39, 0.29) is 43.9 Å². The molecule has 14 nitrogen and oxygen atoms in total. The Hall–Kier alpha value is -3.66. The Bertz CT molecular complexity index is 1290. The number of anilines is 2. The third-order valence-corrected chi connectivity index (χ3v) is 7.57. The van der Waals surface area contributed by atoms with Crippen LogP contribution >= 0.6 is 0 Å². The van der Waals surface area contributed by atoms with Crippen LogP contribution in [-0.4, -0.2) is 87.4 Å². The Kier molecular flexibility index (Phi) is 8.27. The van der Waals surface area contributed by atoms with Crippen LogP contribution in [0.2, 0.25) is 0 Å². The van der Waals surface area contributed by atoms with E-state index in [4.69, 9.17) is 9.47 Å². The minimum Gasteiger partial charge on any atom is -0.479 e. The number of aryl methyl sites for hydroxylation is 1. The first-order valence-electron chi connectivity index (χ1n) is 11.6. The van der Waals surface area contributed by atoms with Gasteiger partial charge in [0.1, 0.15) is 12.2 Å². The molecule has 4 heterocycles. The molecular formula is C21H30FN9O5S. The van der Waals surface area contributed by atoms with E-state index in [2.05, 4.69) is 34.9 Å². The van der Waals surface area contributed by atoms with Crippen LogP contribution in [0.3, 0.4) is 0 Å². The Morgan fingerprint density at radius 2 is 1.84 bits per heavy atom. The Morgan fingerprint density at radius 3 is 2.49 bits per heavy atom. The number of ether oxygens (including phenoxy) is 2. The zero-order chi connectivity index (χ0) is 26.4. The summed E-state index contributed by atoms with van der Waals surface area (Å²) < 4.78 is 55.1. The van der Waals surface area contributed by atoms with Crippen LogP contribution in [-0.2, 0) is 16.4 Å². The molecule has 202 valence electrons. The molecule has 16 heteroatoms. The van der Waals surface area contributed by atoms with Gasteiger partial charge in [-0.15, -0.1) is 10.2 Å². The van der Waals surface area contributed by atoms with Crippen molar-refractivity contribution in [3.63, 3.8) is 0 Å². The molecule has 0 amide bonds. The largest absolute Gasteiger partial charge is 0.479 e. The van der Waals surface area contributed by atoms with Gasteiger partial charge in [0, 0.05) is 27.5 Å². The van der Waals surface area contributed by atoms with Gasteiger partial charge in [0.25, 0.3) is 0 Å². The van der Waals surface area contributed by atoms with Crippen molar-refractivity contribution in [1.29, 1.82) is 0 Å². The van der Waals surface area contributed by atoms with E-state index in [0.29, 0.717) is 44.5 Å². The molecule has 3 aromatic rings. The number of unbranched alkanes of at least 4 members (excludes halogenated alkanes) is 1. The predicted molar refractivity (Wildman–Crippen MR) is 132 cm³/mol. The molecule has 1 fully saturated rings. The Morgan fingerprint density at radius 1 is 1.14 bits per heavy atom. The number of aromatic nitrogens is 7. The lowest BCUT2D eigenvalue weighted by molar-refractivity contribution is 0.284. The molecule has 0 aromatic carbocycles. The highest BCUT2D eigenvalue weighted by Crippen LogP contribution is 2.33. The zero-order valence-corrected chi connectivity index (χ0v) is 21.2. The van der Waals surface area contributed by atoms with E-state index in [9.17, 15) is 17.9 Å². The topological polar surface area (TPSA) is 170 Å². The monoisotopic (exact) mass is 539 g/mol. The second-order valence-corrected chi connectivity index (χ2v) is 10.2. The minimum absolute atomic E-state index is 0. The molecule has 4 rings (SSSR count). The third kappa shape index (κ3) is 5.85. The molecule has 1 aliphatic rings. The lowest BCUT2D eigenvalue weighted by Gasteiger charge is -2.32. The maximum Gasteiger partial charge on any atom is 0.245 e. The van der Waals surface area contributed by atoms with Crippen molar-refractivity contribution in [2.45, 2.75) is 37.4 Å². The van der Waals surface area contributed by atoms with Crippen LogP contribution < -0.4 is 19.1 Å². The summed E-state index contributed by atoms with van der Waals surface area (Å²) in [5.74, 6) is 0.270. The number of hydrogen-bond acceptors (Lipinski definition) is 12. The summed E-state index contributed by atoms with van der Waals surface area (Å²) in [6.45, 7) is 0.656. The average Bonchev–Trinajstić information content (AvgIpc) is 3.29. The van der Waals surface area contributed by atoms with Crippen LogP contribution in [0.15, 0.2) is 18.7 Å². The molecule has 0 saturated carbocycles. The number of piperidine rings is 1. The van der Waals surface area contributed by atoms with Crippen molar-refractivity contribution in [1.82, 2.24) is 34.7 Å². The standard InChI is InChI=1S/C21H28FN9O5S.H2/c1-35-18-17(19(36-2)26-13-25-18)31-16(7-3-4-9-32)27-28-21(31)29-37(33,34)15-6-5-8-30(12-15)20-23-10-14(22)11-24-20;/h10-11,13,15,32H,3-9,12H2,1-2H3,(H,28,29);1H/t15-;/m0./s1. The number of methoxy groups -OCH3 is 2. The molecule has 0 spiro atoms. The summed E-state index contributed by atoms with van der Waals surface area (Å²) in [5, 5.41) is 16.7. The molecule has 37 heavy (non-hydrogen) atoms. The molecule has 1 aliphatic heterocycles. The number of aliphatic hydroxyl groups excluding tert-OH is 1. The van der Waals surface area contributed by atoms with Crippen molar-refractivity contribution in [3.05, 3.63) is 30.4 Å². The van der Waals surface area contributed by atoms with E-state index in [1.807, 2.05) is 0 Å². The van der Waals surface area contributed by atoms with Gasteiger partial charge >= 0.3 is 0 Å². The fourth-order valence-electron chi connectivity index (χ4n) is 4.06. The summed E-state index contributed by atoms with van der Waals surface area (Å²) in [7, 11) is -1.14. The van der Waals surface area contributed by atoms with Crippen molar-refractivity contribution in [2.24, 2.45) is 0 Å². The van der Waals surface area contributed by atoms with Gasteiger partial charge in [0.05, 0.1) is 31.9 Å². The third-order valence-electron chi connectivity index (χ3n) is 5.84. The summed E-state index contributed by atoms with van der Waals surface area (Å²) in [6.07, 6.45) is 5.80. The number of halogens is 1. The van der Waals surface area contributed by atoms with E-state index in [1.165, 1.54) is 25.1 Å². The maximum atomic E-state index is 13.5. The highest BCUT2D eigenvalue weighted by atomic mass is 32.2. The highest BCUT2D eigenvalue weighted by molar-refractivity contribution is 7.93. The molecule has 2 N–H and O–H groups in total. The second kappa shape index (κ2) is 11.6. The zero-order valence-electron chi connectivity index (χ0n) is 20.4. The molecule has 1 atom stereocenters. The molecule has 0 unspecified atom stereocenters. The Balaban J connectivity index is 0.00000400. The van der Waals surface area contributed by atoms with Crippen LogP contribution in [0, 0.1) is 5.82 Å². The summed E-state index contributed by atoms with van der Waals surface area (Å²) in [5.41, 5.74) is 0.235. The summed E-state index contributed by atoms with van der Waals surface area (Å²) in [6, 6.07) is 0. The first-order chi connectivity index (χ1) is 17.9. The molecule has 3 aromatic heterocycles. The smallest absolute Gasteiger partial charge is 0.245 e. The van der Waals surface area contributed by atoms with E-state index >= 15 is 0 Å². The van der Waals surface area contributed by atoms with Crippen molar-refractivity contribution in [3.8, 4) is 17.4 Å². The lowest BCUT2D eigenvalue weighted by atomic mass is 10.1. The van der Waals surface area contributed by atoms with Gasteiger partial charge in [0.15, 0.2) is 11.5 Å². The maximum absolute atomic E-state index is 13.5. The molecule has 0 aliphatic carbocycles. The van der Waals surface area contributed by atoms with Gasteiger partial charge in [-0.05, 0) is 25.7 Å². The van der Waals surface area contributed by atoms with Crippen LogP contribution in [0.5, 0.6) is 11.8 Å². The van der Waals surface area contributed by atoms with Crippen molar-refractivity contribution >= 4 is 21.9 Å². The van der Waals surface area contributed by atoms with Crippen molar-refractivity contribution < 1.29 is 28.8 Å². The number of rotatable bonds is 11. The first kappa shape index (κ1) is 26.4. The number of nitrogens with one attached hydrogen (secondary N) is 1. The number of aliphatic hydroxyl groups is 1. The molecular weight excluding hydrogens is 509 g/mol. The van der Waals surface area contributed by atoms with Gasteiger partial charge in [-0.25, -0.2) is 22.8 Å². The lowest BCUT2D eigenvalue weighted by Crippen LogP contribution is -2.45.